The average molecular weight is 130 g/mol. The van der Waals surface area contributed by atoms with Crippen molar-refractivity contribution in [2.45, 2.75) is 6.42 Å². The summed E-state index contributed by atoms with van der Waals surface area (Å²) >= 11 is 0. The Labute approximate surface area is 57.6 Å². The lowest BCUT2D eigenvalue weighted by atomic mass is 10.2. The fraction of sp³-hybridized carbons (Fsp3) is 0.125. The normalized spacial score (nSPS) is 18.8. The molecule has 2 aliphatic rings. The van der Waals surface area contributed by atoms with E-state index < -0.39 is 0 Å². The van der Waals surface area contributed by atoms with Crippen LogP contribution in [0.25, 0.3) is 11.1 Å². The molecule has 2 aliphatic carbocycles. The number of aromatic amines is 1. The van der Waals surface area contributed by atoms with Gasteiger partial charge in [0.05, 0.1) is 11.5 Å². The second kappa shape index (κ2) is 1.24. The molecule has 1 heterocycles. The monoisotopic (exact) mass is 130 g/mol. The van der Waals surface area contributed by atoms with Crippen LogP contribution in [-0.2, 0) is 0 Å². The van der Waals surface area contributed by atoms with E-state index in [2.05, 4.69) is 22.3 Å². The molecule has 1 aromatic rings. The van der Waals surface area contributed by atoms with E-state index in [0.29, 0.717) is 0 Å². The molecule has 0 aromatic carbocycles. The zero-order valence-corrected chi connectivity index (χ0v) is 5.39. The Balaban J connectivity index is 2.77. The van der Waals surface area contributed by atoms with Gasteiger partial charge in [0.15, 0.2) is 0 Å². The molecule has 48 valence electrons. The van der Waals surface area contributed by atoms with Gasteiger partial charge in [0, 0.05) is 11.6 Å². The Morgan fingerprint density at radius 3 is 3.10 bits per heavy atom. The number of allylic oxidation sites excluding steroid dienone is 2. The van der Waals surface area contributed by atoms with Crippen LogP contribution < -0.4 is 10.6 Å². The van der Waals surface area contributed by atoms with Gasteiger partial charge in [-0.15, -0.1) is 0 Å². The second-order valence-electron chi connectivity index (χ2n) is 2.72. The smallest absolute Gasteiger partial charge is 0.0688 e. The largest absolute Gasteiger partial charge is 0.278 e. The van der Waals surface area contributed by atoms with Crippen LogP contribution >= 0.6 is 0 Å². The lowest BCUT2D eigenvalue weighted by Gasteiger charge is -1.81. The van der Waals surface area contributed by atoms with Gasteiger partial charge in [-0.05, 0) is 11.1 Å². The standard InChI is InChI=1S/C8H6N2/c1-2-6-3-5(1)7-4-9-10-8(6)7/h1-2,4H,3H2,(H,9,10). The minimum atomic E-state index is 1.11. The molecule has 1 N–H and O–H groups in total. The van der Waals surface area contributed by atoms with Crippen LogP contribution in [0.5, 0.6) is 0 Å². The summed E-state index contributed by atoms with van der Waals surface area (Å²) in [6.45, 7) is 0. The number of fused-ring (bicyclic) bond motifs is 3. The first-order valence-corrected chi connectivity index (χ1v) is 3.39. The summed E-state index contributed by atoms with van der Waals surface area (Å²) in [5, 5.41) is 9.50. The minimum absolute atomic E-state index is 1.11. The fourth-order valence-electron chi connectivity index (χ4n) is 1.66. The van der Waals surface area contributed by atoms with Crippen molar-refractivity contribution in [3.63, 3.8) is 0 Å². The van der Waals surface area contributed by atoms with Crippen molar-refractivity contribution in [1.29, 1.82) is 0 Å². The first kappa shape index (κ1) is 4.50. The molecular weight excluding hydrogens is 124 g/mol. The predicted octanol–water partition coefficient (Wildman–Crippen LogP) is -0.315. The highest BCUT2D eigenvalue weighted by molar-refractivity contribution is 5.84. The Morgan fingerprint density at radius 2 is 2.20 bits per heavy atom. The average Bonchev–Trinajstić information content (AvgIpc) is 2.60. The molecule has 0 fully saturated rings. The first-order chi connectivity index (χ1) is 4.95. The zero-order chi connectivity index (χ0) is 6.55. The maximum absolute atomic E-state index is 3.98. The van der Waals surface area contributed by atoms with Crippen LogP contribution in [0.2, 0.25) is 0 Å². The van der Waals surface area contributed by atoms with Crippen LogP contribution in [0, 0.1) is 0 Å². The molecule has 0 amide bonds. The third kappa shape index (κ3) is 0.328. The Hall–Kier alpha value is -1.31. The third-order valence-electron chi connectivity index (χ3n) is 2.17. The van der Waals surface area contributed by atoms with Crippen LogP contribution in [0.4, 0.5) is 0 Å². The Bertz CT molecular complexity index is 396. The zero-order valence-electron chi connectivity index (χ0n) is 5.39. The first-order valence-electron chi connectivity index (χ1n) is 3.39. The lowest BCUT2D eigenvalue weighted by molar-refractivity contribution is 1.06. The van der Waals surface area contributed by atoms with Crippen LogP contribution in [0.1, 0.15) is 6.42 Å². The maximum atomic E-state index is 3.98. The van der Waals surface area contributed by atoms with E-state index in [1.807, 2.05) is 6.20 Å². The van der Waals surface area contributed by atoms with Gasteiger partial charge in [-0.3, -0.25) is 5.10 Å². The van der Waals surface area contributed by atoms with Crippen molar-refractivity contribution in [2.24, 2.45) is 0 Å². The van der Waals surface area contributed by atoms with E-state index in [0.717, 1.165) is 6.42 Å². The van der Waals surface area contributed by atoms with Crippen LogP contribution in [0.15, 0.2) is 18.3 Å². The van der Waals surface area contributed by atoms with Crippen molar-refractivity contribution in [1.82, 2.24) is 10.2 Å². The van der Waals surface area contributed by atoms with E-state index in [1.54, 1.807) is 0 Å². The van der Waals surface area contributed by atoms with E-state index >= 15 is 0 Å². The molecule has 2 nitrogen and oxygen atoms in total. The third-order valence-corrected chi connectivity index (χ3v) is 2.17. The molecule has 1 aromatic heterocycles. The number of nitrogens with one attached hydrogen (secondary N) is 1. The highest BCUT2D eigenvalue weighted by atomic mass is 15.1. The number of H-pyrrole nitrogens is 1. The summed E-state index contributed by atoms with van der Waals surface area (Å²) in [4.78, 5) is 0. The van der Waals surface area contributed by atoms with Gasteiger partial charge in [-0.2, -0.15) is 5.10 Å². The quantitative estimate of drug-likeness (QED) is 0.512. The van der Waals surface area contributed by atoms with Crippen molar-refractivity contribution < 1.29 is 0 Å². The molecule has 0 spiro atoms. The maximum Gasteiger partial charge on any atom is 0.0688 e. The molecule has 2 bridgehead atoms. The summed E-state index contributed by atoms with van der Waals surface area (Å²) in [6.07, 6.45) is 7.36. The topological polar surface area (TPSA) is 28.7 Å². The summed E-state index contributed by atoms with van der Waals surface area (Å²) in [5.41, 5.74) is 2.81. The van der Waals surface area contributed by atoms with Gasteiger partial charge in [-0.25, -0.2) is 0 Å². The molecular formula is C8H6N2. The molecule has 0 unspecified atom stereocenters. The van der Waals surface area contributed by atoms with Crippen molar-refractivity contribution in [3.05, 3.63) is 28.9 Å². The number of nitrogens with zero attached hydrogens (tertiary/aromatic N) is 1. The van der Waals surface area contributed by atoms with Crippen molar-refractivity contribution >= 4 is 11.1 Å². The molecule has 0 radical (unpaired) electrons. The van der Waals surface area contributed by atoms with E-state index in [-0.39, 0.29) is 0 Å². The van der Waals surface area contributed by atoms with E-state index in [1.165, 1.54) is 21.7 Å². The van der Waals surface area contributed by atoms with Crippen LogP contribution in [-0.4, -0.2) is 10.2 Å². The second-order valence-corrected chi connectivity index (χ2v) is 2.72. The SMILES string of the molecule is C1=CC2=c3[nH]ncc3=C1C2. The highest BCUT2D eigenvalue weighted by Crippen LogP contribution is 2.23. The van der Waals surface area contributed by atoms with Crippen molar-refractivity contribution in [3.8, 4) is 0 Å². The highest BCUT2D eigenvalue weighted by Gasteiger charge is 2.15. The van der Waals surface area contributed by atoms with Gasteiger partial charge < -0.3 is 0 Å². The molecule has 0 saturated heterocycles. The summed E-state index contributed by atoms with van der Waals surface area (Å²) in [6, 6.07) is 0. The summed E-state index contributed by atoms with van der Waals surface area (Å²) in [5.74, 6) is 0. The number of rotatable bonds is 0. The van der Waals surface area contributed by atoms with Gasteiger partial charge in [0.1, 0.15) is 0 Å². The molecule has 0 atom stereocenters. The van der Waals surface area contributed by atoms with Crippen molar-refractivity contribution in [2.75, 3.05) is 0 Å². The molecule has 3 rings (SSSR count). The summed E-state index contributed by atoms with van der Waals surface area (Å²) in [7, 11) is 0. The van der Waals surface area contributed by atoms with Gasteiger partial charge in [0.2, 0.25) is 0 Å². The lowest BCUT2D eigenvalue weighted by Crippen LogP contribution is -2.22. The van der Waals surface area contributed by atoms with Crippen LogP contribution in [0.3, 0.4) is 0 Å². The minimum Gasteiger partial charge on any atom is -0.278 e. The number of hydrogen-bond donors (Lipinski definition) is 1. The molecule has 10 heavy (non-hydrogen) atoms. The van der Waals surface area contributed by atoms with Gasteiger partial charge in [0.25, 0.3) is 0 Å². The Kier molecular flexibility index (Phi) is 0.556. The van der Waals surface area contributed by atoms with E-state index in [4.69, 9.17) is 0 Å². The van der Waals surface area contributed by atoms with E-state index in [9.17, 15) is 0 Å². The predicted molar refractivity (Wildman–Crippen MR) is 38.4 cm³/mol. The fourth-order valence-corrected chi connectivity index (χ4v) is 1.66. The number of aromatic nitrogens is 2. The molecule has 2 heteroatoms. The molecule has 0 saturated carbocycles. The number of hydrogen-bond acceptors (Lipinski definition) is 1. The molecule has 0 aliphatic heterocycles. The Morgan fingerprint density at radius 1 is 1.30 bits per heavy atom. The van der Waals surface area contributed by atoms with Gasteiger partial charge >= 0.3 is 0 Å². The summed E-state index contributed by atoms with van der Waals surface area (Å²) < 4.78 is 0. The van der Waals surface area contributed by atoms with Gasteiger partial charge in [-0.1, -0.05) is 12.2 Å².